The summed E-state index contributed by atoms with van der Waals surface area (Å²) < 4.78 is 5.23. The van der Waals surface area contributed by atoms with Gasteiger partial charge in [0.05, 0.1) is 20.1 Å². The number of nitrogens with zero attached hydrogens (tertiary/aromatic N) is 4. The molecule has 154 valence electrons. The lowest BCUT2D eigenvalue weighted by atomic mass is 9.95. The van der Waals surface area contributed by atoms with Crippen LogP contribution >= 0.6 is 0 Å². The normalized spacial score (nSPS) is 17.8. The van der Waals surface area contributed by atoms with E-state index in [0.29, 0.717) is 24.9 Å². The summed E-state index contributed by atoms with van der Waals surface area (Å²) in [6.45, 7) is 9.19. The van der Waals surface area contributed by atoms with Crippen LogP contribution in [0.15, 0.2) is 24.3 Å². The van der Waals surface area contributed by atoms with Crippen LogP contribution in [0.1, 0.15) is 55.3 Å². The van der Waals surface area contributed by atoms with Crippen molar-refractivity contribution in [1.82, 2.24) is 14.9 Å². The van der Waals surface area contributed by atoms with E-state index in [1.54, 1.807) is 7.11 Å². The summed E-state index contributed by atoms with van der Waals surface area (Å²) in [5, 5.41) is 0. The summed E-state index contributed by atoms with van der Waals surface area (Å²) in [5.74, 6) is 2.99. The van der Waals surface area contributed by atoms with Crippen molar-refractivity contribution in [2.24, 2.45) is 0 Å². The van der Waals surface area contributed by atoms with Gasteiger partial charge < -0.3 is 9.64 Å². The Morgan fingerprint density at radius 2 is 1.83 bits per heavy atom. The third-order valence-corrected chi connectivity index (χ3v) is 6.22. The average Bonchev–Trinajstić information content (AvgIpc) is 3.04. The van der Waals surface area contributed by atoms with E-state index in [0.717, 1.165) is 60.1 Å². The Balaban J connectivity index is 1.57. The Hall–Kier alpha value is -2.47. The zero-order valence-electron chi connectivity index (χ0n) is 17.8. The molecule has 0 aliphatic carbocycles. The standard InChI is InChI=1S/C23H30N4O2/c1-15(2)26-11-9-18(10-12-26)22-24-16(3)20-13-21(28)27(23(20)25-22)14-17-5-7-19(29-4)8-6-17/h5-8,15,18H,9-14H2,1-4H3. The molecule has 0 saturated carbocycles. The van der Waals surface area contributed by atoms with Crippen LogP contribution < -0.4 is 9.64 Å². The van der Waals surface area contributed by atoms with Crippen molar-refractivity contribution in [2.75, 3.05) is 25.1 Å². The molecule has 3 heterocycles. The van der Waals surface area contributed by atoms with Gasteiger partial charge in [0.15, 0.2) is 0 Å². The van der Waals surface area contributed by atoms with Crippen LogP contribution in [0.3, 0.4) is 0 Å². The summed E-state index contributed by atoms with van der Waals surface area (Å²) in [5.41, 5.74) is 2.99. The quantitative estimate of drug-likeness (QED) is 0.777. The number of anilines is 1. The summed E-state index contributed by atoms with van der Waals surface area (Å²) in [6.07, 6.45) is 2.54. The maximum Gasteiger partial charge on any atom is 0.233 e. The molecule has 0 N–H and O–H groups in total. The zero-order chi connectivity index (χ0) is 20.5. The van der Waals surface area contributed by atoms with E-state index in [9.17, 15) is 4.79 Å². The van der Waals surface area contributed by atoms with Gasteiger partial charge >= 0.3 is 0 Å². The number of hydrogen-bond donors (Lipinski definition) is 0. The molecule has 0 radical (unpaired) electrons. The largest absolute Gasteiger partial charge is 0.497 e. The van der Waals surface area contributed by atoms with Crippen LogP contribution in [0.4, 0.5) is 5.82 Å². The van der Waals surface area contributed by atoms with Crippen LogP contribution in [0.25, 0.3) is 0 Å². The minimum absolute atomic E-state index is 0.0972. The molecule has 1 aromatic heterocycles. The van der Waals surface area contributed by atoms with Crippen LogP contribution in [0.2, 0.25) is 0 Å². The van der Waals surface area contributed by atoms with E-state index in [-0.39, 0.29) is 5.91 Å². The number of benzene rings is 1. The molecule has 0 spiro atoms. The Bertz CT molecular complexity index is 886. The number of aromatic nitrogens is 2. The fourth-order valence-corrected chi connectivity index (χ4v) is 4.33. The number of hydrogen-bond acceptors (Lipinski definition) is 5. The van der Waals surface area contributed by atoms with Gasteiger partial charge in [-0.05, 0) is 64.4 Å². The van der Waals surface area contributed by atoms with Gasteiger partial charge in [-0.25, -0.2) is 9.97 Å². The highest BCUT2D eigenvalue weighted by atomic mass is 16.5. The fourth-order valence-electron chi connectivity index (χ4n) is 4.33. The second kappa shape index (κ2) is 8.11. The number of fused-ring (bicyclic) bond motifs is 1. The van der Waals surface area contributed by atoms with E-state index in [2.05, 4.69) is 18.7 Å². The molecule has 6 heteroatoms. The number of piperidine rings is 1. The SMILES string of the molecule is COc1ccc(CN2C(=O)Cc3c(C)nc(C4CCN(C(C)C)CC4)nc32)cc1. The number of carbonyl (C=O) groups excluding carboxylic acids is 1. The first-order valence-electron chi connectivity index (χ1n) is 10.5. The lowest BCUT2D eigenvalue weighted by Gasteiger charge is -2.34. The van der Waals surface area contributed by atoms with Crippen molar-refractivity contribution in [3.05, 3.63) is 46.9 Å². The maximum absolute atomic E-state index is 12.7. The van der Waals surface area contributed by atoms with Gasteiger partial charge in [-0.3, -0.25) is 9.69 Å². The summed E-state index contributed by atoms with van der Waals surface area (Å²) >= 11 is 0. The van der Waals surface area contributed by atoms with E-state index in [4.69, 9.17) is 14.7 Å². The van der Waals surface area contributed by atoms with Crippen LogP contribution in [0, 0.1) is 6.92 Å². The average molecular weight is 395 g/mol. The van der Waals surface area contributed by atoms with Gasteiger partial charge in [0.25, 0.3) is 0 Å². The van der Waals surface area contributed by atoms with Gasteiger partial charge in [-0.2, -0.15) is 0 Å². The van der Waals surface area contributed by atoms with Crippen molar-refractivity contribution >= 4 is 11.7 Å². The second-order valence-electron chi connectivity index (χ2n) is 8.38. The highest BCUT2D eigenvalue weighted by Gasteiger charge is 2.33. The summed E-state index contributed by atoms with van der Waals surface area (Å²) in [7, 11) is 1.65. The number of likely N-dealkylation sites (tertiary alicyclic amines) is 1. The van der Waals surface area contributed by atoms with Crippen molar-refractivity contribution in [2.45, 2.75) is 58.5 Å². The van der Waals surface area contributed by atoms with E-state index >= 15 is 0 Å². The molecule has 1 fully saturated rings. The first-order chi connectivity index (χ1) is 14.0. The summed E-state index contributed by atoms with van der Waals surface area (Å²) in [4.78, 5) is 26.8. The first-order valence-corrected chi connectivity index (χ1v) is 10.5. The Morgan fingerprint density at radius 3 is 2.45 bits per heavy atom. The third-order valence-electron chi connectivity index (χ3n) is 6.22. The number of methoxy groups -OCH3 is 1. The molecule has 29 heavy (non-hydrogen) atoms. The highest BCUT2D eigenvalue weighted by Crippen LogP contribution is 2.34. The number of amides is 1. The number of carbonyl (C=O) groups is 1. The minimum atomic E-state index is 0.0972. The number of rotatable bonds is 5. The third kappa shape index (κ3) is 3.99. The van der Waals surface area contributed by atoms with Crippen LogP contribution in [-0.2, 0) is 17.8 Å². The molecule has 0 bridgehead atoms. The maximum atomic E-state index is 12.7. The molecule has 1 aromatic carbocycles. The molecule has 6 nitrogen and oxygen atoms in total. The lowest BCUT2D eigenvalue weighted by molar-refractivity contribution is -0.117. The monoisotopic (exact) mass is 394 g/mol. The van der Waals surface area contributed by atoms with E-state index in [1.807, 2.05) is 36.1 Å². The highest BCUT2D eigenvalue weighted by molar-refractivity contribution is 6.00. The second-order valence-corrected chi connectivity index (χ2v) is 8.38. The zero-order valence-corrected chi connectivity index (χ0v) is 17.8. The van der Waals surface area contributed by atoms with Gasteiger partial charge in [0.2, 0.25) is 5.91 Å². The minimum Gasteiger partial charge on any atom is -0.497 e. The Labute approximate surface area is 172 Å². The van der Waals surface area contributed by atoms with Crippen LogP contribution in [0.5, 0.6) is 5.75 Å². The van der Waals surface area contributed by atoms with Gasteiger partial charge in [-0.15, -0.1) is 0 Å². The molecular weight excluding hydrogens is 364 g/mol. The van der Waals surface area contributed by atoms with E-state index < -0.39 is 0 Å². The fraction of sp³-hybridized carbons (Fsp3) is 0.522. The smallest absolute Gasteiger partial charge is 0.233 e. The lowest BCUT2D eigenvalue weighted by Crippen LogP contribution is -2.38. The molecular formula is C23H30N4O2. The predicted octanol–water partition coefficient (Wildman–Crippen LogP) is 3.47. The molecule has 1 amide bonds. The summed E-state index contributed by atoms with van der Waals surface area (Å²) in [6, 6.07) is 8.43. The van der Waals surface area contributed by atoms with Crippen LogP contribution in [-0.4, -0.2) is 47.0 Å². The van der Waals surface area contributed by atoms with Crippen molar-refractivity contribution < 1.29 is 9.53 Å². The van der Waals surface area contributed by atoms with Gasteiger partial charge in [-0.1, -0.05) is 12.1 Å². The molecule has 2 aromatic rings. The Kier molecular flexibility index (Phi) is 5.54. The molecule has 1 saturated heterocycles. The molecule has 2 aliphatic rings. The molecule has 4 rings (SSSR count). The Morgan fingerprint density at radius 1 is 1.14 bits per heavy atom. The topological polar surface area (TPSA) is 58.6 Å². The van der Waals surface area contributed by atoms with Gasteiger partial charge in [0, 0.05) is 23.2 Å². The molecule has 0 atom stereocenters. The first kappa shape index (κ1) is 19.8. The van der Waals surface area contributed by atoms with Crippen molar-refractivity contribution in [3.63, 3.8) is 0 Å². The number of aryl methyl sites for hydroxylation is 1. The van der Waals surface area contributed by atoms with Crippen molar-refractivity contribution in [3.8, 4) is 5.75 Å². The molecule has 0 unspecified atom stereocenters. The predicted molar refractivity (Wildman–Crippen MR) is 113 cm³/mol. The molecule has 2 aliphatic heterocycles. The van der Waals surface area contributed by atoms with Crippen molar-refractivity contribution in [1.29, 1.82) is 0 Å². The number of ether oxygens (including phenoxy) is 1. The van der Waals surface area contributed by atoms with Gasteiger partial charge in [0.1, 0.15) is 17.4 Å². The van der Waals surface area contributed by atoms with E-state index in [1.165, 1.54) is 0 Å².